The Hall–Kier alpha value is -1.89. The van der Waals surface area contributed by atoms with Crippen molar-refractivity contribution < 1.29 is 4.74 Å². The number of hydrogen-bond acceptors (Lipinski definition) is 6. The van der Waals surface area contributed by atoms with Crippen molar-refractivity contribution >= 4 is 22.8 Å². The minimum atomic E-state index is 0.278. The van der Waals surface area contributed by atoms with Crippen LogP contribution in [0.2, 0.25) is 0 Å². The van der Waals surface area contributed by atoms with E-state index in [1.54, 1.807) is 13.3 Å². The largest absolute Gasteiger partial charge is 0.380 e. The second-order valence-corrected chi connectivity index (χ2v) is 4.35. The highest BCUT2D eigenvalue weighted by Crippen LogP contribution is 2.27. The first-order valence-electron chi connectivity index (χ1n) is 5.98. The summed E-state index contributed by atoms with van der Waals surface area (Å²) in [6.07, 6.45) is 3.07. The van der Waals surface area contributed by atoms with Crippen LogP contribution in [-0.2, 0) is 4.74 Å². The Morgan fingerprint density at radius 2 is 2.39 bits per heavy atom. The van der Waals surface area contributed by atoms with Crippen LogP contribution in [-0.4, -0.2) is 53.5 Å². The van der Waals surface area contributed by atoms with E-state index in [-0.39, 0.29) is 6.10 Å². The molecule has 3 heterocycles. The van der Waals surface area contributed by atoms with Crippen LogP contribution in [0.5, 0.6) is 0 Å². The van der Waals surface area contributed by atoms with Gasteiger partial charge in [0.2, 0.25) is 5.95 Å². The Bertz CT molecular complexity index is 553. The number of nitrogens with one attached hydrogen (secondary N) is 2. The Morgan fingerprint density at radius 1 is 1.50 bits per heavy atom. The first-order chi connectivity index (χ1) is 8.81. The second kappa shape index (κ2) is 4.41. The number of anilines is 2. The molecule has 0 aliphatic carbocycles. The predicted molar refractivity (Wildman–Crippen MR) is 68.9 cm³/mol. The van der Waals surface area contributed by atoms with E-state index in [1.807, 2.05) is 7.05 Å². The van der Waals surface area contributed by atoms with Crippen LogP contribution >= 0.6 is 0 Å². The van der Waals surface area contributed by atoms with E-state index >= 15 is 0 Å². The standard InChI is InChI=1S/C11H16N6O/c1-12-11-14-9-8(5-13-16-9)10(15-11)17-4-3-7(6-17)18-2/h5,7H,3-4,6H2,1-2H3,(H2,12,13,14,15,16). The summed E-state index contributed by atoms with van der Waals surface area (Å²) < 4.78 is 5.39. The van der Waals surface area contributed by atoms with E-state index < -0.39 is 0 Å². The zero-order chi connectivity index (χ0) is 12.5. The molecular formula is C11H16N6O. The lowest BCUT2D eigenvalue weighted by Crippen LogP contribution is -2.23. The van der Waals surface area contributed by atoms with Gasteiger partial charge in [-0.1, -0.05) is 0 Å². The summed E-state index contributed by atoms with van der Waals surface area (Å²) in [6.45, 7) is 1.80. The predicted octanol–water partition coefficient (Wildman–Crippen LogP) is 0.620. The third kappa shape index (κ3) is 1.76. The summed E-state index contributed by atoms with van der Waals surface area (Å²) in [5, 5.41) is 10.8. The van der Waals surface area contributed by atoms with E-state index in [0.29, 0.717) is 5.95 Å². The van der Waals surface area contributed by atoms with Crippen molar-refractivity contribution in [1.29, 1.82) is 0 Å². The van der Waals surface area contributed by atoms with Gasteiger partial charge in [0.1, 0.15) is 5.82 Å². The number of fused-ring (bicyclic) bond motifs is 1. The first kappa shape index (κ1) is 11.2. The number of rotatable bonds is 3. The topological polar surface area (TPSA) is 79.0 Å². The van der Waals surface area contributed by atoms with E-state index in [0.717, 1.165) is 36.4 Å². The van der Waals surface area contributed by atoms with Gasteiger partial charge in [-0.05, 0) is 6.42 Å². The van der Waals surface area contributed by atoms with Gasteiger partial charge in [-0.3, -0.25) is 5.10 Å². The average Bonchev–Trinajstić information content (AvgIpc) is 3.05. The maximum Gasteiger partial charge on any atom is 0.226 e. The van der Waals surface area contributed by atoms with Gasteiger partial charge in [0.25, 0.3) is 0 Å². The molecule has 0 amide bonds. The van der Waals surface area contributed by atoms with Gasteiger partial charge in [-0.25, -0.2) is 0 Å². The molecule has 1 aliphatic rings. The van der Waals surface area contributed by atoms with Crippen molar-refractivity contribution in [1.82, 2.24) is 20.2 Å². The van der Waals surface area contributed by atoms with Gasteiger partial charge < -0.3 is 15.0 Å². The molecule has 3 rings (SSSR count). The molecule has 2 aromatic heterocycles. The van der Waals surface area contributed by atoms with Crippen molar-refractivity contribution in [3.8, 4) is 0 Å². The molecular weight excluding hydrogens is 232 g/mol. The Kier molecular flexibility index (Phi) is 2.75. The monoisotopic (exact) mass is 248 g/mol. The van der Waals surface area contributed by atoms with Crippen LogP contribution in [0, 0.1) is 0 Å². The van der Waals surface area contributed by atoms with Gasteiger partial charge in [0, 0.05) is 27.2 Å². The molecule has 1 atom stereocenters. The molecule has 1 fully saturated rings. The summed E-state index contributed by atoms with van der Waals surface area (Å²) >= 11 is 0. The van der Waals surface area contributed by atoms with E-state index in [4.69, 9.17) is 4.74 Å². The highest BCUT2D eigenvalue weighted by atomic mass is 16.5. The molecule has 0 bridgehead atoms. The van der Waals surface area contributed by atoms with Crippen LogP contribution in [0.3, 0.4) is 0 Å². The lowest BCUT2D eigenvalue weighted by molar-refractivity contribution is 0.121. The van der Waals surface area contributed by atoms with Gasteiger partial charge in [0.15, 0.2) is 5.65 Å². The molecule has 1 unspecified atom stereocenters. The quantitative estimate of drug-likeness (QED) is 0.829. The number of methoxy groups -OCH3 is 1. The van der Waals surface area contributed by atoms with Crippen molar-refractivity contribution in [2.75, 3.05) is 37.5 Å². The van der Waals surface area contributed by atoms with Gasteiger partial charge in [0.05, 0.1) is 17.7 Å². The second-order valence-electron chi connectivity index (χ2n) is 4.35. The number of aromatic amines is 1. The number of nitrogens with zero attached hydrogens (tertiary/aromatic N) is 4. The molecule has 0 spiro atoms. The average molecular weight is 248 g/mol. The maximum atomic E-state index is 5.39. The van der Waals surface area contributed by atoms with Crippen LogP contribution in [0.4, 0.5) is 11.8 Å². The minimum absolute atomic E-state index is 0.278. The van der Waals surface area contributed by atoms with Crippen molar-refractivity contribution in [3.05, 3.63) is 6.20 Å². The lowest BCUT2D eigenvalue weighted by atomic mass is 10.3. The fourth-order valence-electron chi connectivity index (χ4n) is 2.29. The van der Waals surface area contributed by atoms with Crippen LogP contribution in [0.15, 0.2) is 6.20 Å². The molecule has 2 aromatic rings. The molecule has 1 aliphatic heterocycles. The third-order valence-corrected chi connectivity index (χ3v) is 3.29. The fourth-order valence-corrected chi connectivity index (χ4v) is 2.29. The smallest absolute Gasteiger partial charge is 0.226 e. The summed E-state index contributed by atoms with van der Waals surface area (Å²) in [5.41, 5.74) is 0.755. The first-order valence-corrected chi connectivity index (χ1v) is 5.98. The van der Waals surface area contributed by atoms with Crippen molar-refractivity contribution in [2.24, 2.45) is 0 Å². The fraction of sp³-hybridized carbons (Fsp3) is 0.545. The highest BCUT2D eigenvalue weighted by molar-refractivity contribution is 5.87. The summed E-state index contributed by atoms with van der Waals surface area (Å²) in [6, 6.07) is 0. The maximum absolute atomic E-state index is 5.39. The molecule has 96 valence electrons. The number of hydrogen-bond donors (Lipinski definition) is 2. The van der Waals surface area contributed by atoms with E-state index in [2.05, 4.69) is 30.4 Å². The van der Waals surface area contributed by atoms with Gasteiger partial charge >= 0.3 is 0 Å². The zero-order valence-electron chi connectivity index (χ0n) is 10.5. The van der Waals surface area contributed by atoms with E-state index in [9.17, 15) is 0 Å². The summed E-state index contributed by atoms with van der Waals surface area (Å²) in [4.78, 5) is 11.1. The number of H-pyrrole nitrogens is 1. The Balaban J connectivity index is 2.02. The molecule has 0 aromatic carbocycles. The molecule has 7 nitrogen and oxygen atoms in total. The molecule has 2 N–H and O–H groups in total. The minimum Gasteiger partial charge on any atom is -0.380 e. The highest BCUT2D eigenvalue weighted by Gasteiger charge is 2.25. The normalized spacial score (nSPS) is 19.7. The Morgan fingerprint density at radius 3 is 3.11 bits per heavy atom. The molecule has 18 heavy (non-hydrogen) atoms. The van der Waals surface area contributed by atoms with E-state index in [1.165, 1.54) is 0 Å². The van der Waals surface area contributed by atoms with Gasteiger partial charge in [-0.15, -0.1) is 0 Å². The van der Waals surface area contributed by atoms with Crippen LogP contribution in [0.25, 0.3) is 11.0 Å². The van der Waals surface area contributed by atoms with Gasteiger partial charge in [-0.2, -0.15) is 15.1 Å². The van der Waals surface area contributed by atoms with Crippen molar-refractivity contribution in [3.63, 3.8) is 0 Å². The van der Waals surface area contributed by atoms with Crippen molar-refractivity contribution in [2.45, 2.75) is 12.5 Å². The van der Waals surface area contributed by atoms with Crippen LogP contribution < -0.4 is 10.2 Å². The molecule has 0 radical (unpaired) electrons. The van der Waals surface area contributed by atoms with Crippen LogP contribution in [0.1, 0.15) is 6.42 Å². The summed E-state index contributed by atoms with van der Waals surface area (Å²) in [7, 11) is 3.56. The SMILES string of the molecule is CNc1nc(N2CCC(OC)C2)c2cn[nH]c2n1. The summed E-state index contributed by atoms with van der Waals surface area (Å²) in [5.74, 6) is 1.51. The number of aromatic nitrogens is 4. The third-order valence-electron chi connectivity index (χ3n) is 3.29. The Labute approximate surface area is 105 Å². The molecule has 0 saturated carbocycles. The molecule has 7 heteroatoms. The molecule has 1 saturated heterocycles. The zero-order valence-corrected chi connectivity index (χ0v) is 10.5. The lowest BCUT2D eigenvalue weighted by Gasteiger charge is -2.18. The number of ether oxygens (including phenoxy) is 1.